The fraction of sp³-hybridized carbons (Fsp3) is 0.412. The van der Waals surface area contributed by atoms with Crippen molar-refractivity contribution in [1.29, 1.82) is 0 Å². The molecule has 7 nitrogen and oxygen atoms in total. The summed E-state index contributed by atoms with van der Waals surface area (Å²) >= 11 is 1.39. The number of anilines is 1. The predicted molar refractivity (Wildman–Crippen MR) is 99.0 cm³/mol. The number of aromatic nitrogens is 2. The number of hydrogen-bond acceptors (Lipinski definition) is 5. The maximum atomic E-state index is 12.1. The van der Waals surface area contributed by atoms with Crippen molar-refractivity contribution in [1.82, 2.24) is 9.55 Å². The number of thioether (sulfide) groups is 1. The summed E-state index contributed by atoms with van der Waals surface area (Å²) in [7, 11) is 0. The minimum atomic E-state index is -0.472. The molecule has 0 aliphatic heterocycles. The number of non-ortho nitro benzene ring substituents is 1. The quantitative estimate of drug-likeness (QED) is 0.460. The van der Waals surface area contributed by atoms with Gasteiger partial charge in [0.15, 0.2) is 5.16 Å². The van der Waals surface area contributed by atoms with Gasteiger partial charge in [-0.05, 0) is 31.9 Å². The first-order chi connectivity index (χ1) is 11.8. The first kappa shape index (κ1) is 19.0. The second-order valence-corrected chi connectivity index (χ2v) is 7.15. The van der Waals surface area contributed by atoms with Crippen molar-refractivity contribution >= 4 is 29.0 Å². The molecule has 0 saturated carbocycles. The number of aryl methyl sites for hydroxylation is 1. The summed E-state index contributed by atoms with van der Waals surface area (Å²) in [6.07, 6.45) is 0. The molecule has 0 bridgehead atoms. The summed E-state index contributed by atoms with van der Waals surface area (Å²) in [4.78, 5) is 26.8. The van der Waals surface area contributed by atoms with Crippen LogP contribution in [0.2, 0.25) is 0 Å². The number of carbonyl (C=O) groups excluding carboxylic acids is 1. The third-order valence-corrected chi connectivity index (χ3v) is 4.64. The Morgan fingerprint density at radius 1 is 1.32 bits per heavy atom. The van der Waals surface area contributed by atoms with E-state index in [1.807, 2.05) is 13.8 Å². The van der Waals surface area contributed by atoms with Crippen molar-refractivity contribution in [3.8, 4) is 0 Å². The van der Waals surface area contributed by atoms with E-state index >= 15 is 0 Å². The van der Waals surface area contributed by atoms with Gasteiger partial charge in [-0.25, -0.2) is 4.98 Å². The third-order valence-electron chi connectivity index (χ3n) is 3.66. The lowest BCUT2D eigenvalue weighted by Gasteiger charge is -2.12. The number of hydrogen-bond donors (Lipinski definition) is 1. The topological polar surface area (TPSA) is 90.1 Å². The van der Waals surface area contributed by atoms with Crippen molar-refractivity contribution < 1.29 is 9.72 Å². The molecule has 1 heterocycles. The van der Waals surface area contributed by atoms with Crippen LogP contribution in [0.5, 0.6) is 0 Å². The Morgan fingerprint density at radius 3 is 2.52 bits per heavy atom. The highest BCUT2D eigenvalue weighted by atomic mass is 32.2. The van der Waals surface area contributed by atoms with Crippen LogP contribution in [0, 0.1) is 29.9 Å². The molecule has 1 N–H and O–H groups in total. The lowest BCUT2D eigenvalue weighted by molar-refractivity contribution is -0.384. The molecule has 0 saturated heterocycles. The highest BCUT2D eigenvalue weighted by Gasteiger charge is 2.14. The van der Waals surface area contributed by atoms with Gasteiger partial charge in [0, 0.05) is 30.1 Å². The fourth-order valence-corrected chi connectivity index (χ4v) is 3.21. The molecule has 1 amide bonds. The number of nitrogens with one attached hydrogen (secondary N) is 1. The second kappa shape index (κ2) is 8.15. The minimum absolute atomic E-state index is 0.00552. The van der Waals surface area contributed by atoms with Gasteiger partial charge in [-0.2, -0.15) is 0 Å². The van der Waals surface area contributed by atoms with Crippen LogP contribution >= 0.6 is 11.8 Å². The number of nitro groups is 1. The van der Waals surface area contributed by atoms with Crippen LogP contribution in [0.15, 0.2) is 29.4 Å². The first-order valence-electron chi connectivity index (χ1n) is 7.98. The molecule has 2 rings (SSSR count). The SMILES string of the molecule is Cc1nc(SCC(=O)Nc2ccc([N+](=O)[O-])cc2)n(CC(C)C)c1C. The Labute approximate surface area is 151 Å². The Hall–Kier alpha value is -2.35. The van der Waals surface area contributed by atoms with Gasteiger partial charge in [-0.15, -0.1) is 0 Å². The van der Waals surface area contributed by atoms with Crippen molar-refractivity contribution in [2.75, 3.05) is 11.1 Å². The largest absolute Gasteiger partial charge is 0.325 e. The van der Waals surface area contributed by atoms with Crippen molar-refractivity contribution in [3.63, 3.8) is 0 Å². The van der Waals surface area contributed by atoms with Gasteiger partial charge < -0.3 is 9.88 Å². The number of amides is 1. The zero-order valence-electron chi connectivity index (χ0n) is 14.8. The standard InChI is InChI=1S/C17H22N4O3S/c1-11(2)9-20-13(4)12(3)18-17(20)25-10-16(22)19-14-5-7-15(8-6-14)21(23)24/h5-8,11H,9-10H2,1-4H3,(H,19,22). The lowest BCUT2D eigenvalue weighted by atomic mass is 10.2. The van der Waals surface area contributed by atoms with E-state index in [4.69, 9.17) is 0 Å². The van der Waals surface area contributed by atoms with Gasteiger partial charge in [-0.1, -0.05) is 25.6 Å². The maximum absolute atomic E-state index is 12.1. The van der Waals surface area contributed by atoms with Crippen molar-refractivity contribution in [3.05, 3.63) is 45.8 Å². The third kappa shape index (κ3) is 5.06. The molecule has 134 valence electrons. The molecule has 8 heteroatoms. The van der Waals surface area contributed by atoms with E-state index in [9.17, 15) is 14.9 Å². The number of carbonyl (C=O) groups is 1. The van der Waals surface area contributed by atoms with Crippen LogP contribution in [-0.4, -0.2) is 26.1 Å². The second-order valence-electron chi connectivity index (χ2n) is 6.21. The number of nitrogens with zero attached hydrogens (tertiary/aromatic N) is 3. The van der Waals surface area contributed by atoms with Gasteiger partial charge in [0.05, 0.1) is 16.4 Å². The van der Waals surface area contributed by atoms with E-state index in [0.717, 1.165) is 23.1 Å². The monoisotopic (exact) mass is 362 g/mol. The van der Waals surface area contributed by atoms with Crippen LogP contribution in [0.25, 0.3) is 0 Å². The van der Waals surface area contributed by atoms with Gasteiger partial charge in [-0.3, -0.25) is 14.9 Å². The summed E-state index contributed by atoms with van der Waals surface area (Å²) in [6, 6.07) is 5.78. The number of imidazole rings is 1. The predicted octanol–water partition coefficient (Wildman–Crippen LogP) is 3.79. The van der Waals surface area contributed by atoms with Gasteiger partial charge in [0.2, 0.25) is 5.91 Å². The molecule has 0 aliphatic rings. The van der Waals surface area contributed by atoms with E-state index in [2.05, 4.69) is 28.7 Å². The average Bonchev–Trinajstić information content (AvgIpc) is 2.81. The van der Waals surface area contributed by atoms with Gasteiger partial charge >= 0.3 is 0 Å². The summed E-state index contributed by atoms with van der Waals surface area (Å²) < 4.78 is 2.14. The van der Waals surface area contributed by atoms with Crippen molar-refractivity contribution in [2.45, 2.75) is 39.4 Å². The molecule has 0 aliphatic carbocycles. The minimum Gasteiger partial charge on any atom is -0.325 e. The van der Waals surface area contributed by atoms with Gasteiger partial charge in [0.1, 0.15) is 0 Å². The van der Waals surface area contributed by atoms with Gasteiger partial charge in [0.25, 0.3) is 5.69 Å². The summed E-state index contributed by atoms with van der Waals surface area (Å²) in [6.45, 7) is 9.15. The van der Waals surface area contributed by atoms with Crippen LogP contribution in [-0.2, 0) is 11.3 Å². The summed E-state index contributed by atoms with van der Waals surface area (Å²) in [5, 5.41) is 14.2. The molecular formula is C17H22N4O3S. The fourth-order valence-electron chi connectivity index (χ4n) is 2.31. The van der Waals surface area contributed by atoms with E-state index in [-0.39, 0.29) is 17.3 Å². The molecule has 2 aromatic rings. The number of benzene rings is 1. The molecule has 0 atom stereocenters. The van der Waals surface area contributed by atoms with Crippen LogP contribution in [0.1, 0.15) is 25.2 Å². The smallest absolute Gasteiger partial charge is 0.269 e. The summed E-state index contributed by atoms with van der Waals surface area (Å²) in [5.41, 5.74) is 2.62. The van der Waals surface area contributed by atoms with Crippen LogP contribution in [0.3, 0.4) is 0 Å². The molecule has 1 aromatic heterocycles. The lowest BCUT2D eigenvalue weighted by Crippen LogP contribution is -2.15. The summed E-state index contributed by atoms with van der Waals surface area (Å²) in [5.74, 6) is 0.541. The number of nitro benzene ring substituents is 1. The van der Waals surface area contributed by atoms with Crippen LogP contribution < -0.4 is 5.32 Å². The van der Waals surface area contributed by atoms with E-state index in [0.29, 0.717) is 11.6 Å². The van der Waals surface area contributed by atoms with E-state index in [1.54, 1.807) is 0 Å². The molecule has 0 fully saturated rings. The Balaban J connectivity index is 1.98. The van der Waals surface area contributed by atoms with Crippen molar-refractivity contribution in [2.24, 2.45) is 5.92 Å². The zero-order valence-corrected chi connectivity index (χ0v) is 15.6. The van der Waals surface area contributed by atoms with E-state index < -0.39 is 4.92 Å². The Kier molecular flexibility index (Phi) is 6.19. The average molecular weight is 362 g/mol. The first-order valence-corrected chi connectivity index (χ1v) is 8.97. The highest BCUT2D eigenvalue weighted by molar-refractivity contribution is 7.99. The molecule has 0 radical (unpaired) electrons. The molecular weight excluding hydrogens is 340 g/mol. The zero-order chi connectivity index (χ0) is 18.6. The molecule has 25 heavy (non-hydrogen) atoms. The molecule has 0 spiro atoms. The Bertz CT molecular complexity index is 769. The highest BCUT2D eigenvalue weighted by Crippen LogP contribution is 2.23. The van der Waals surface area contributed by atoms with Crippen LogP contribution in [0.4, 0.5) is 11.4 Å². The molecule has 0 unspecified atom stereocenters. The Morgan fingerprint density at radius 2 is 1.96 bits per heavy atom. The maximum Gasteiger partial charge on any atom is 0.269 e. The molecule has 1 aromatic carbocycles. The number of rotatable bonds is 7. The van der Waals surface area contributed by atoms with E-state index in [1.165, 1.54) is 36.0 Å². The normalized spacial score (nSPS) is 10.9.